The van der Waals surface area contributed by atoms with Crippen molar-refractivity contribution in [3.05, 3.63) is 0 Å². The molecule has 0 amide bonds. The van der Waals surface area contributed by atoms with Crippen LogP contribution in [0.3, 0.4) is 0 Å². The lowest BCUT2D eigenvalue weighted by Crippen LogP contribution is -2.34. The minimum absolute atomic E-state index is 0.406. The summed E-state index contributed by atoms with van der Waals surface area (Å²) in [5.74, 6) is 2.28. The predicted octanol–water partition coefficient (Wildman–Crippen LogP) is 4.08. The molecule has 0 spiro atoms. The van der Waals surface area contributed by atoms with Crippen molar-refractivity contribution < 1.29 is 0 Å². The molecule has 1 unspecified atom stereocenters. The SMILES string of the molecule is CCNC(CSC(C)(C)C)CC1CCCC1. The normalized spacial score (nSPS) is 20.2. The third kappa shape index (κ3) is 6.15. The fourth-order valence-corrected chi connectivity index (χ4v) is 3.45. The Morgan fingerprint density at radius 2 is 1.88 bits per heavy atom. The van der Waals surface area contributed by atoms with E-state index in [-0.39, 0.29) is 0 Å². The van der Waals surface area contributed by atoms with E-state index in [1.54, 1.807) is 0 Å². The van der Waals surface area contributed by atoms with E-state index in [0.717, 1.165) is 18.5 Å². The Balaban J connectivity index is 2.28. The number of thioether (sulfide) groups is 1. The minimum atomic E-state index is 0.406. The molecule has 0 bridgehead atoms. The molecule has 1 fully saturated rings. The highest BCUT2D eigenvalue weighted by atomic mass is 32.2. The largest absolute Gasteiger partial charge is 0.313 e. The molecule has 1 aliphatic rings. The van der Waals surface area contributed by atoms with Gasteiger partial charge >= 0.3 is 0 Å². The molecule has 1 saturated carbocycles. The van der Waals surface area contributed by atoms with E-state index in [2.05, 4.69) is 44.8 Å². The quantitative estimate of drug-likeness (QED) is 0.754. The summed E-state index contributed by atoms with van der Waals surface area (Å²) in [6.07, 6.45) is 7.28. The molecule has 2 heteroatoms. The first-order valence-corrected chi connectivity index (χ1v) is 7.87. The van der Waals surface area contributed by atoms with E-state index >= 15 is 0 Å². The molecular formula is C14H29NS. The number of rotatable bonds is 6. The Hall–Kier alpha value is 0.310. The van der Waals surface area contributed by atoms with Crippen molar-refractivity contribution in [3.63, 3.8) is 0 Å². The Labute approximate surface area is 106 Å². The second-order valence-corrected chi connectivity index (χ2v) is 7.91. The molecule has 16 heavy (non-hydrogen) atoms. The van der Waals surface area contributed by atoms with Gasteiger partial charge in [-0.15, -0.1) is 0 Å². The third-order valence-electron chi connectivity index (χ3n) is 3.30. The molecule has 0 aromatic heterocycles. The van der Waals surface area contributed by atoms with E-state index in [1.807, 2.05) is 0 Å². The molecule has 0 aromatic carbocycles. The second-order valence-electron chi connectivity index (χ2n) is 6.06. The van der Waals surface area contributed by atoms with Crippen LogP contribution < -0.4 is 5.32 Å². The maximum atomic E-state index is 3.66. The fourth-order valence-electron chi connectivity index (χ4n) is 2.50. The van der Waals surface area contributed by atoms with Gasteiger partial charge in [-0.3, -0.25) is 0 Å². The summed E-state index contributed by atoms with van der Waals surface area (Å²) >= 11 is 2.10. The van der Waals surface area contributed by atoms with E-state index in [9.17, 15) is 0 Å². The number of hydrogen-bond acceptors (Lipinski definition) is 2. The van der Waals surface area contributed by atoms with Gasteiger partial charge < -0.3 is 5.32 Å². The zero-order valence-corrected chi connectivity index (χ0v) is 12.3. The van der Waals surface area contributed by atoms with Gasteiger partial charge in [0.2, 0.25) is 0 Å². The Morgan fingerprint density at radius 3 is 2.38 bits per heavy atom. The fraction of sp³-hybridized carbons (Fsp3) is 1.00. The predicted molar refractivity (Wildman–Crippen MR) is 76.3 cm³/mol. The van der Waals surface area contributed by atoms with Crippen LogP contribution in [-0.2, 0) is 0 Å². The van der Waals surface area contributed by atoms with Crippen molar-refractivity contribution in [1.82, 2.24) is 5.32 Å². The van der Waals surface area contributed by atoms with Gasteiger partial charge in [-0.1, -0.05) is 53.4 Å². The van der Waals surface area contributed by atoms with Crippen molar-refractivity contribution in [1.29, 1.82) is 0 Å². The summed E-state index contributed by atoms with van der Waals surface area (Å²) in [6.45, 7) is 10.3. The van der Waals surface area contributed by atoms with E-state index < -0.39 is 0 Å². The summed E-state index contributed by atoms with van der Waals surface area (Å²) < 4.78 is 0.406. The van der Waals surface area contributed by atoms with E-state index in [0.29, 0.717) is 4.75 Å². The first kappa shape index (κ1) is 14.4. The molecule has 1 aliphatic carbocycles. The molecule has 1 atom stereocenters. The highest BCUT2D eigenvalue weighted by molar-refractivity contribution is 8.00. The Bertz CT molecular complexity index is 180. The van der Waals surface area contributed by atoms with Crippen LogP contribution in [-0.4, -0.2) is 23.1 Å². The van der Waals surface area contributed by atoms with E-state index in [1.165, 1.54) is 37.9 Å². The molecule has 1 rings (SSSR count). The second kappa shape index (κ2) is 6.90. The smallest absolute Gasteiger partial charge is 0.0160 e. The molecule has 1 N–H and O–H groups in total. The van der Waals surface area contributed by atoms with Crippen LogP contribution in [0.4, 0.5) is 0 Å². The van der Waals surface area contributed by atoms with Crippen LogP contribution in [0.5, 0.6) is 0 Å². The van der Waals surface area contributed by atoms with Crippen LogP contribution in [0.1, 0.15) is 59.8 Å². The summed E-state index contributed by atoms with van der Waals surface area (Å²) in [6, 6.07) is 0.734. The van der Waals surface area contributed by atoms with E-state index in [4.69, 9.17) is 0 Å². The number of nitrogens with one attached hydrogen (secondary N) is 1. The average Bonchev–Trinajstić information content (AvgIpc) is 2.66. The topological polar surface area (TPSA) is 12.0 Å². The van der Waals surface area contributed by atoms with Crippen LogP contribution in [0.15, 0.2) is 0 Å². The maximum Gasteiger partial charge on any atom is 0.0160 e. The highest BCUT2D eigenvalue weighted by Crippen LogP contribution is 2.31. The molecule has 0 aromatic rings. The lowest BCUT2D eigenvalue weighted by atomic mass is 9.99. The van der Waals surface area contributed by atoms with Crippen molar-refractivity contribution >= 4 is 11.8 Å². The summed E-state index contributed by atoms with van der Waals surface area (Å²) in [4.78, 5) is 0. The van der Waals surface area contributed by atoms with Gasteiger partial charge in [-0.2, -0.15) is 11.8 Å². The maximum absolute atomic E-state index is 3.66. The lowest BCUT2D eigenvalue weighted by Gasteiger charge is -2.25. The molecule has 0 heterocycles. The first-order chi connectivity index (χ1) is 7.51. The van der Waals surface area contributed by atoms with Gasteiger partial charge in [0.15, 0.2) is 0 Å². The van der Waals surface area contributed by atoms with Gasteiger partial charge in [0, 0.05) is 16.5 Å². The van der Waals surface area contributed by atoms with Gasteiger partial charge in [0.25, 0.3) is 0 Å². The lowest BCUT2D eigenvalue weighted by molar-refractivity contribution is 0.415. The van der Waals surface area contributed by atoms with Gasteiger partial charge in [-0.05, 0) is 18.9 Å². The molecule has 96 valence electrons. The zero-order valence-electron chi connectivity index (χ0n) is 11.5. The molecule has 1 nitrogen and oxygen atoms in total. The molecule has 0 saturated heterocycles. The Morgan fingerprint density at radius 1 is 1.25 bits per heavy atom. The monoisotopic (exact) mass is 243 g/mol. The van der Waals surface area contributed by atoms with Gasteiger partial charge in [0.1, 0.15) is 0 Å². The molecule has 0 aliphatic heterocycles. The third-order valence-corrected chi connectivity index (χ3v) is 4.74. The van der Waals surface area contributed by atoms with Crippen molar-refractivity contribution in [2.45, 2.75) is 70.6 Å². The van der Waals surface area contributed by atoms with Crippen molar-refractivity contribution in [2.75, 3.05) is 12.3 Å². The summed E-state index contributed by atoms with van der Waals surface area (Å²) in [5, 5.41) is 3.66. The van der Waals surface area contributed by atoms with Crippen LogP contribution >= 0.6 is 11.8 Å². The van der Waals surface area contributed by atoms with Crippen LogP contribution in [0, 0.1) is 5.92 Å². The molecule has 0 radical (unpaired) electrons. The van der Waals surface area contributed by atoms with Crippen LogP contribution in [0.2, 0.25) is 0 Å². The average molecular weight is 243 g/mol. The van der Waals surface area contributed by atoms with Crippen molar-refractivity contribution in [3.8, 4) is 0 Å². The summed E-state index contributed by atoms with van der Waals surface area (Å²) in [5.41, 5.74) is 0. The summed E-state index contributed by atoms with van der Waals surface area (Å²) in [7, 11) is 0. The Kier molecular flexibility index (Phi) is 6.20. The van der Waals surface area contributed by atoms with Gasteiger partial charge in [-0.25, -0.2) is 0 Å². The standard InChI is InChI=1S/C14H29NS/c1-5-15-13(11-16-14(2,3)4)10-12-8-6-7-9-12/h12-13,15H,5-11H2,1-4H3. The minimum Gasteiger partial charge on any atom is -0.313 e. The number of hydrogen-bond donors (Lipinski definition) is 1. The van der Waals surface area contributed by atoms with Crippen LogP contribution in [0.25, 0.3) is 0 Å². The molecular weight excluding hydrogens is 214 g/mol. The first-order valence-electron chi connectivity index (χ1n) is 6.88. The van der Waals surface area contributed by atoms with Gasteiger partial charge in [0.05, 0.1) is 0 Å². The zero-order chi connectivity index (χ0) is 12.0. The highest BCUT2D eigenvalue weighted by Gasteiger charge is 2.21. The van der Waals surface area contributed by atoms with Crippen molar-refractivity contribution in [2.24, 2.45) is 5.92 Å².